The fraction of sp³-hybridized carbons (Fsp3) is 0.294. The van der Waals surface area contributed by atoms with E-state index in [0.717, 1.165) is 30.2 Å². The molecule has 0 radical (unpaired) electrons. The number of hydrogen-bond acceptors (Lipinski definition) is 2. The molecule has 20 heavy (non-hydrogen) atoms. The number of benzene rings is 2. The minimum absolute atomic E-state index is 0.535. The van der Waals surface area contributed by atoms with Crippen LogP contribution in [0.1, 0.15) is 12.0 Å². The Kier molecular flexibility index (Phi) is 6.44. The Balaban J connectivity index is 1.79. The summed E-state index contributed by atoms with van der Waals surface area (Å²) in [6, 6.07) is 18.6. The smallest absolute Gasteiger partial charge is 0.0406 e. The third kappa shape index (κ3) is 5.20. The van der Waals surface area contributed by atoms with Crippen LogP contribution in [-0.2, 0) is 6.42 Å². The van der Waals surface area contributed by atoms with Crippen LogP contribution in [0.15, 0.2) is 59.5 Å². The lowest BCUT2D eigenvalue weighted by Crippen LogP contribution is -2.17. The maximum Gasteiger partial charge on any atom is 0.0406 e. The molecule has 0 amide bonds. The highest BCUT2D eigenvalue weighted by molar-refractivity contribution is 7.99. The van der Waals surface area contributed by atoms with Gasteiger partial charge in [-0.2, -0.15) is 0 Å². The van der Waals surface area contributed by atoms with Gasteiger partial charge in [-0.15, -0.1) is 11.8 Å². The molecule has 1 nitrogen and oxygen atoms in total. The second-order valence-electron chi connectivity index (χ2n) is 4.88. The molecule has 0 aromatic heterocycles. The summed E-state index contributed by atoms with van der Waals surface area (Å²) in [6.07, 6.45) is 2.17. The number of thioether (sulfide) groups is 1. The summed E-state index contributed by atoms with van der Waals surface area (Å²) >= 11 is 7.81. The van der Waals surface area contributed by atoms with E-state index in [1.54, 1.807) is 0 Å². The highest BCUT2D eigenvalue weighted by Gasteiger charge is 2.08. The average molecular weight is 306 g/mol. The molecule has 0 bridgehead atoms. The lowest BCUT2D eigenvalue weighted by Gasteiger charge is -2.14. The van der Waals surface area contributed by atoms with E-state index in [0.29, 0.717) is 5.92 Å². The normalized spacial score (nSPS) is 12.3. The highest BCUT2D eigenvalue weighted by Crippen LogP contribution is 2.21. The van der Waals surface area contributed by atoms with E-state index in [-0.39, 0.29) is 0 Å². The van der Waals surface area contributed by atoms with Crippen LogP contribution in [0.5, 0.6) is 0 Å². The van der Waals surface area contributed by atoms with Crippen LogP contribution in [0.2, 0.25) is 5.02 Å². The molecule has 0 heterocycles. The van der Waals surface area contributed by atoms with Crippen molar-refractivity contribution in [3.8, 4) is 0 Å². The van der Waals surface area contributed by atoms with Gasteiger partial charge in [-0.25, -0.2) is 0 Å². The van der Waals surface area contributed by atoms with Crippen molar-refractivity contribution in [2.45, 2.75) is 17.7 Å². The molecule has 2 rings (SSSR count). The van der Waals surface area contributed by atoms with Crippen molar-refractivity contribution in [1.82, 2.24) is 0 Å². The number of rotatable bonds is 7. The average Bonchev–Trinajstić information content (AvgIpc) is 2.49. The molecule has 0 saturated heterocycles. The van der Waals surface area contributed by atoms with Crippen molar-refractivity contribution in [2.75, 3.05) is 12.3 Å². The highest BCUT2D eigenvalue weighted by atomic mass is 35.5. The van der Waals surface area contributed by atoms with Crippen LogP contribution in [0.3, 0.4) is 0 Å². The zero-order chi connectivity index (χ0) is 14.2. The van der Waals surface area contributed by atoms with Crippen LogP contribution >= 0.6 is 23.4 Å². The fourth-order valence-corrected chi connectivity index (χ4v) is 3.28. The maximum atomic E-state index is 5.91. The van der Waals surface area contributed by atoms with E-state index >= 15 is 0 Å². The first-order valence-corrected chi connectivity index (χ1v) is 8.26. The summed E-state index contributed by atoms with van der Waals surface area (Å²) in [5.41, 5.74) is 7.21. The summed E-state index contributed by atoms with van der Waals surface area (Å²) < 4.78 is 0. The topological polar surface area (TPSA) is 26.0 Å². The van der Waals surface area contributed by atoms with Crippen LogP contribution in [0.4, 0.5) is 0 Å². The third-order valence-corrected chi connectivity index (χ3v) is 4.61. The number of halogens is 1. The predicted octanol–water partition coefficient (Wildman–Crippen LogP) is 4.64. The van der Waals surface area contributed by atoms with Gasteiger partial charge in [-0.3, -0.25) is 0 Å². The van der Waals surface area contributed by atoms with Gasteiger partial charge in [0, 0.05) is 9.92 Å². The summed E-state index contributed by atoms with van der Waals surface area (Å²) in [5.74, 6) is 1.65. The van der Waals surface area contributed by atoms with Crippen molar-refractivity contribution in [3.05, 3.63) is 65.2 Å². The largest absolute Gasteiger partial charge is 0.330 e. The monoisotopic (exact) mass is 305 g/mol. The first-order chi connectivity index (χ1) is 9.78. The first kappa shape index (κ1) is 15.4. The van der Waals surface area contributed by atoms with E-state index < -0.39 is 0 Å². The molecule has 106 valence electrons. The van der Waals surface area contributed by atoms with Crippen LogP contribution < -0.4 is 5.73 Å². The molecule has 0 saturated carbocycles. The fourth-order valence-electron chi connectivity index (χ4n) is 2.12. The lowest BCUT2D eigenvalue weighted by molar-refractivity contribution is 0.523. The Morgan fingerprint density at radius 3 is 2.35 bits per heavy atom. The van der Waals surface area contributed by atoms with Gasteiger partial charge in [-0.1, -0.05) is 41.9 Å². The minimum atomic E-state index is 0.535. The van der Waals surface area contributed by atoms with Crippen LogP contribution in [0.25, 0.3) is 0 Å². The summed E-state index contributed by atoms with van der Waals surface area (Å²) in [6.45, 7) is 0.734. The van der Waals surface area contributed by atoms with Crippen molar-refractivity contribution < 1.29 is 0 Å². The van der Waals surface area contributed by atoms with Crippen molar-refractivity contribution >= 4 is 23.4 Å². The Morgan fingerprint density at radius 1 is 1.00 bits per heavy atom. The number of hydrogen-bond donors (Lipinski definition) is 1. The van der Waals surface area contributed by atoms with Crippen LogP contribution in [0, 0.1) is 5.92 Å². The summed E-state index contributed by atoms with van der Waals surface area (Å²) in [5, 5.41) is 0.790. The molecule has 1 unspecified atom stereocenters. The lowest BCUT2D eigenvalue weighted by atomic mass is 9.97. The quantitative estimate of drug-likeness (QED) is 0.754. The molecule has 1 atom stereocenters. The minimum Gasteiger partial charge on any atom is -0.330 e. The van der Waals surface area contributed by atoms with Gasteiger partial charge in [-0.05, 0) is 60.9 Å². The van der Waals surface area contributed by atoms with E-state index in [4.69, 9.17) is 17.3 Å². The molecule has 0 aliphatic rings. The van der Waals surface area contributed by atoms with Crippen molar-refractivity contribution in [2.24, 2.45) is 11.7 Å². The van der Waals surface area contributed by atoms with E-state index in [2.05, 4.69) is 36.4 Å². The molecule has 2 aromatic carbocycles. The molecule has 0 spiro atoms. The number of nitrogens with two attached hydrogens (primary N) is 1. The van der Waals surface area contributed by atoms with E-state index in [9.17, 15) is 0 Å². The van der Waals surface area contributed by atoms with E-state index in [1.165, 1.54) is 10.5 Å². The molecule has 0 fully saturated rings. The molecule has 0 aliphatic carbocycles. The Bertz CT molecular complexity index is 498. The van der Waals surface area contributed by atoms with E-state index in [1.807, 2.05) is 30.0 Å². The molecule has 3 heteroatoms. The second kappa shape index (κ2) is 8.35. The Morgan fingerprint density at radius 2 is 1.70 bits per heavy atom. The first-order valence-electron chi connectivity index (χ1n) is 6.90. The van der Waals surface area contributed by atoms with Gasteiger partial charge < -0.3 is 5.73 Å². The molecular weight excluding hydrogens is 286 g/mol. The van der Waals surface area contributed by atoms with Gasteiger partial charge in [0.05, 0.1) is 0 Å². The van der Waals surface area contributed by atoms with Crippen molar-refractivity contribution in [1.29, 1.82) is 0 Å². The zero-order valence-electron chi connectivity index (χ0n) is 11.5. The van der Waals surface area contributed by atoms with Crippen molar-refractivity contribution in [3.63, 3.8) is 0 Å². The second-order valence-corrected chi connectivity index (χ2v) is 6.49. The SMILES string of the molecule is NCC(CCSc1ccccc1)Cc1ccc(Cl)cc1. The van der Waals surface area contributed by atoms with Gasteiger partial charge >= 0.3 is 0 Å². The summed E-state index contributed by atoms with van der Waals surface area (Å²) in [4.78, 5) is 1.33. The maximum absolute atomic E-state index is 5.91. The summed E-state index contributed by atoms with van der Waals surface area (Å²) in [7, 11) is 0. The Hall–Kier alpha value is -0.960. The third-order valence-electron chi connectivity index (χ3n) is 3.31. The molecular formula is C17H20ClNS. The molecule has 0 aliphatic heterocycles. The van der Waals surface area contributed by atoms with Gasteiger partial charge in [0.2, 0.25) is 0 Å². The van der Waals surface area contributed by atoms with Gasteiger partial charge in [0.1, 0.15) is 0 Å². The standard InChI is InChI=1S/C17H20ClNS/c18-16-8-6-14(7-9-16)12-15(13-19)10-11-20-17-4-2-1-3-5-17/h1-9,15H,10-13,19H2. The molecule has 2 N–H and O–H groups in total. The zero-order valence-corrected chi connectivity index (χ0v) is 13.0. The van der Waals surface area contributed by atoms with Gasteiger partial charge in [0.25, 0.3) is 0 Å². The molecule has 2 aromatic rings. The van der Waals surface area contributed by atoms with Crippen LogP contribution in [-0.4, -0.2) is 12.3 Å². The Labute approximate surface area is 130 Å². The van der Waals surface area contributed by atoms with Gasteiger partial charge in [0.15, 0.2) is 0 Å². The predicted molar refractivity (Wildman–Crippen MR) is 89.5 cm³/mol.